The Bertz CT molecular complexity index is 231. The van der Waals surface area contributed by atoms with Crippen LogP contribution >= 0.6 is 11.8 Å². The van der Waals surface area contributed by atoms with E-state index in [4.69, 9.17) is 0 Å². The van der Waals surface area contributed by atoms with Crippen LogP contribution in [0.25, 0.3) is 0 Å². The summed E-state index contributed by atoms with van der Waals surface area (Å²) in [6.45, 7) is 8.45. The van der Waals surface area contributed by atoms with E-state index in [0.29, 0.717) is 11.3 Å². The van der Waals surface area contributed by atoms with Crippen molar-refractivity contribution in [3.05, 3.63) is 0 Å². The minimum absolute atomic E-state index is 0.00907. The quantitative estimate of drug-likeness (QED) is 0.798. The molecule has 4 heteroatoms. The Hall–Kier alpha value is -0.220. The van der Waals surface area contributed by atoms with Gasteiger partial charge in [-0.1, -0.05) is 13.8 Å². The number of nitrogens with zero attached hydrogens (tertiary/aromatic N) is 1. The Morgan fingerprint density at radius 2 is 2.00 bits per heavy atom. The third-order valence-electron chi connectivity index (χ3n) is 2.83. The fraction of sp³-hybridized carbons (Fsp3) is 0.909. The van der Waals surface area contributed by atoms with Gasteiger partial charge in [0.2, 0.25) is 5.91 Å². The molecule has 1 amide bonds. The maximum absolute atomic E-state index is 12.0. The van der Waals surface area contributed by atoms with Gasteiger partial charge in [0.1, 0.15) is 0 Å². The van der Waals surface area contributed by atoms with Crippen LogP contribution in [0, 0.1) is 5.92 Å². The fourth-order valence-electron chi connectivity index (χ4n) is 1.52. The van der Waals surface area contributed by atoms with E-state index in [-0.39, 0.29) is 18.0 Å². The molecule has 1 fully saturated rings. The van der Waals surface area contributed by atoms with Crippen molar-refractivity contribution in [2.75, 3.05) is 12.8 Å². The monoisotopic (exact) mass is 230 g/mol. The van der Waals surface area contributed by atoms with Gasteiger partial charge in [-0.3, -0.25) is 10.1 Å². The molecular formula is C11H22N2OS. The molecule has 2 atom stereocenters. The van der Waals surface area contributed by atoms with Gasteiger partial charge in [0, 0.05) is 18.8 Å². The predicted octanol–water partition coefficient (Wildman–Crippen LogP) is 1.54. The molecule has 0 aromatic rings. The first-order valence-electron chi connectivity index (χ1n) is 5.57. The second-order valence-corrected chi connectivity index (χ2v) is 5.93. The lowest BCUT2D eigenvalue weighted by Gasteiger charge is -2.25. The van der Waals surface area contributed by atoms with Crippen molar-refractivity contribution in [2.24, 2.45) is 5.92 Å². The average molecular weight is 230 g/mol. The molecule has 3 nitrogen and oxygen atoms in total. The average Bonchev–Trinajstić information content (AvgIpc) is 2.64. The highest BCUT2D eigenvalue weighted by Crippen LogP contribution is 2.25. The Labute approximate surface area is 97.0 Å². The second kappa shape index (κ2) is 5.21. The van der Waals surface area contributed by atoms with Crippen LogP contribution in [0.3, 0.4) is 0 Å². The summed E-state index contributed by atoms with van der Waals surface area (Å²) < 4.78 is 0. The molecule has 0 radical (unpaired) electrons. The van der Waals surface area contributed by atoms with Gasteiger partial charge in [-0.15, -0.1) is 11.8 Å². The van der Waals surface area contributed by atoms with Gasteiger partial charge in [0.15, 0.2) is 0 Å². The maximum atomic E-state index is 12.0. The Morgan fingerprint density at radius 3 is 2.40 bits per heavy atom. The summed E-state index contributed by atoms with van der Waals surface area (Å²) >= 11 is 1.86. The molecule has 1 rings (SSSR count). The second-order valence-electron chi connectivity index (χ2n) is 4.76. The molecule has 0 aromatic heterocycles. The number of hydrogen-bond donors (Lipinski definition) is 1. The van der Waals surface area contributed by atoms with Crippen molar-refractivity contribution in [1.82, 2.24) is 10.2 Å². The molecule has 0 bridgehead atoms. The number of amides is 1. The lowest BCUT2D eigenvalue weighted by molar-refractivity contribution is -0.132. The number of likely N-dealkylation sites (N-methyl/N-ethyl adjacent to an activating group) is 1. The van der Waals surface area contributed by atoms with Gasteiger partial charge in [-0.25, -0.2) is 0 Å². The van der Waals surface area contributed by atoms with Crippen molar-refractivity contribution in [3.63, 3.8) is 0 Å². The van der Waals surface area contributed by atoms with Crippen molar-refractivity contribution >= 4 is 17.7 Å². The summed E-state index contributed by atoms with van der Waals surface area (Å²) in [6, 6.07) is 0.289. The third-order valence-corrected chi connectivity index (χ3v) is 4.40. The molecule has 1 saturated heterocycles. The van der Waals surface area contributed by atoms with Crippen molar-refractivity contribution < 1.29 is 4.79 Å². The highest BCUT2D eigenvalue weighted by Gasteiger charge is 2.33. The van der Waals surface area contributed by atoms with Crippen molar-refractivity contribution in [2.45, 2.75) is 45.2 Å². The fourth-order valence-corrected chi connectivity index (χ4v) is 2.81. The molecule has 15 heavy (non-hydrogen) atoms. The summed E-state index contributed by atoms with van der Waals surface area (Å²) in [5.74, 6) is 1.71. The summed E-state index contributed by atoms with van der Waals surface area (Å²) in [5.41, 5.74) is 0. The molecule has 0 saturated carbocycles. The zero-order chi connectivity index (χ0) is 11.6. The largest absolute Gasteiger partial charge is 0.342 e. The molecule has 1 heterocycles. The molecule has 2 unspecified atom stereocenters. The van der Waals surface area contributed by atoms with Gasteiger partial charge in [0.25, 0.3) is 0 Å². The predicted molar refractivity (Wildman–Crippen MR) is 65.9 cm³/mol. The van der Waals surface area contributed by atoms with E-state index < -0.39 is 0 Å². The molecule has 0 spiro atoms. The molecule has 0 aliphatic carbocycles. The van der Waals surface area contributed by atoms with Crippen LogP contribution in [0.5, 0.6) is 0 Å². The lowest BCUT2D eigenvalue weighted by Crippen LogP contribution is -2.47. The van der Waals surface area contributed by atoms with Gasteiger partial charge >= 0.3 is 0 Å². The number of nitrogens with one attached hydrogen (secondary N) is 1. The van der Waals surface area contributed by atoms with Gasteiger partial charge in [-0.2, -0.15) is 0 Å². The zero-order valence-electron chi connectivity index (χ0n) is 10.3. The van der Waals surface area contributed by atoms with Crippen molar-refractivity contribution in [1.29, 1.82) is 0 Å². The highest BCUT2D eigenvalue weighted by molar-refractivity contribution is 8.00. The lowest BCUT2D eigenvalue weighted by atomic mass is 10.2. The Balaban J connectivity index is 2.50. The highest BCUT2D eigenvalue weighted by atomic mass is 32.2. The first kappa shape index (κ1) is 12.8. The summed E-state index contributed by atoms with van der Waals surface area (Å²) in [7, 11) is 1.88. The normalized spacial score (nSPS) is 26.3. The van der Waals surface area contributed by atoms with E-state index >= 15 is 0 Å². The van der Waals surface area contributed by atoms with E-state index in [1.54, 1.807) is 0 Å². The van der Waals surface area contributed by atoms with Gasteiger partial charge in [0.05, 0.1) is 11.4 Å². The van der Waals surface area contributed by atoms with Crippen LogP contribution in [0.1, 0.15) is 27.7 Å². The summed E-state index contributed by atoms with van der Waals surface area (Å²) in [5, 5.41) is 3.83. The van der Waals surface area contributed by atoms with Crippen LogP contribution in [-0.2, 0) is 4.79 Å². The minimum Gasteiger partial charge on any atom is -0.342 e. The molecular weight excluding hydrogens is 208 g/mol. The molecule has 0 aromatic carbocycles. The van der Waals surface area contributed by atoms with E-state index in [1.165, 1.54) is 0 Å². The molecule has 1 aliphatic heterocycles. The first-order valence-corrected chi connectivity index (χ1v) is 6.62. The maximum Gasteiger partial charge on any atom is 0.240 e. The number of rotatable bonds is 3. The van der Waals surface area contributed by atoms with E-state index in [2.05, 4.69) is 19.2 Å². The Morgan fingerprint density at radius 1 is 1.40 bits per heavy atom. The number of carbonyl (C=O) groups is 1. The van der Waals surface area contributed by atoms with Crippen LogP contribution in [0.2, 0.25) is 0 Å². The standard InChI is InChI=1S/C11H22N2OS/c1-7(2)10-12-9(6-15-10)11(14)13(5)8(3)4/h7-10,12H,6H2,1-5H3. The van der Waals surface area contributed by atoms with Crippen LogP contribution < -0.4 is 5.32 Å². The van der Waals surface area contributed by atoms with Gasteiger partial charge < -0.3 is 4.90 Å². The minimum atomic E-state index is 0.00907. The van der Waals surface area contributed by atoms with Crippen LogP contribution in [0.15, 0.2) is 0 Å². The SMILES string of the molecule is CC(C)C1NC(C(=O)N(C)C(C)C)CS1. The topological polar surface area (TPSA) is 32.3 Å². The zero-order valence-corrected chi connectivity index (χ0v) is 11.1. The van der Waals surface area contributed by atoms with Crippen molar-refractivity contribution in [3.8, 4) is 0 Å². The smallest absolute Gasteiger partial charge is 0.240 e. The third kappa shape index (κ3) is 3.11. The number of thioether (sulfide) groups is 1. The molecule has 1 N–H and O–H groups in total. The van der Waals surface area contributed by atoms with Crippen LogP contribution in [-0.4, -0.2) is 41.1 Å². The van der Waals surface area contributed by atoms with Crippen LogP contribution in [0.4, 0.5) is 0 Å². The molecule has 88 valence electrons. The molecule has 1 aliphatic rings. The Kier molecular flexibility index (Phi) is 4.46. The summed E-state index contributed by atoms with van der Waals surface area (Å²) in [6.07, 6.45) is 0. The summed E-state index contributed by atoms with van der Waals surface area (Å²) in [4.78, 5) is 13.8. The van der Waals surface area contributed by atoms with E-state index in [9.17, 15) is 4.79 Å². The number of carbonyl (C=O) groups excluding carboxylic acids is 1. The van der Waals surface area contributed by atoms with Gasteiger partial charge in [-0.05, 0) is 19.8 Å². The first-order chi connectivity index (χ1) is 6.93. The van der Waals surface area contributed by atoms with E-state index in [1.807, 2.05) is 37.6 Å². The number of hydrogen-bond acceptors (Lipinski definition) is 3. The van der Waals surface area contributed by atoms with E-state index in [0.717, 1.165) is 5.75 Å².